The highest BCUT2D eigenvalue weighted by molar-refractivity contribution is 6.30. The molecule has 1 N–H and O–H groups in total. The Bertz CT molecular complexity index is 406. The largest absolute Gasteiger partial charge is 0.359 e. The Hall–Kier alpha value is -1.36. The molecule has 0 aliphatic heterocycles. The van der Waals surface area contributed by atoms with Gasteiger partial charge in [0.05, 0.1) is 6.54 Å². The van der Waals surface area contributed by atoms with Crippen molar-refractivity contribution < 1.29 is 4.79 Å². The molecule has 0 spiro atoms. The summed E-state index contributed by atoms with van der Waals surface area (Å²) in [4.78, 5) is 12.9. The van der Waals surface area contributed by atoms with Crippen molar-refractivity contribution in [1.82, 2.24) is 15.1 Å². The lowest BCUT2D eigenvalue weighted by molar-refractivity contribution is -0.126. The van der Waals surface area contributed by atoms with E-state index >= 15 is 0 Å². The average molecular weight is 243 g/mol. The molecule has 1 aromatic rings. The minimum Gasteiger partial charge on any atom is -0.359 e. The van der Waals surface area contributed by atoms with Crippen molar-refractivity contribution in [2.75, 3.05) is 26.0 Å². The standard InChI is InChI=1S/C10H15ClN4O/c1-6-7(2)10(14-13-9(6)11)12-5-8(16)15(3)4/h5H2,1-4H3,(H,12,14). The molecule has 0 atom stereocenters. The Morgan fingerprint density at radius 3 is 2.50 bits per heavy atom. The molecule has 1 amide bonds. The zero-order valence-electron chi connectivity index (χ0n) is 9.83. The molecule has 0 aliphatic rings. The van der Waals surface area contributed by atoms with Gasteiger partial charge in [0.1, 0.15) is 0 Å². The van der Waals surface area contributed by atoms with E-state index in [1.807, 2.05) is 13.8 Å². The quantitative estimate of drug-likeness (QED) is 0.867. The fourth-order valence-electron chi connectivity index (χ4n) is 1.06. The summed E-state index contributed by atoms with van der Waals surface area (Å²) in [6.07, 6.45) is 0. The van der Waals surface area contributed by atoms with Crippen molar-refractivity contribution in [2.45, 2.75) is 13.8 Å². The Morgan fingerprint density at radius 2 is 1.94 bits per heavy atom. The number of hydrogen-bond donors (Lipinski definition) is 1. The van der Waals surface area contributed by atoms with Crippen molar-refractivity contribution in [2.24, 2.45) is 0 Å². The summed E-state index contributed by atoms with van der Waals surface area (Å²) >= 11 is 5.82. The molecule has 0 saturated carbocycles. The number of hydrogen-bond acceptors (Lipinski definition) is 4. The van der Waals surface area contributed by atoms with Crippen LogP contribution in [0.3, 0.4) is 0 Å². The first-order valence-electron chi connectivity index (χ1n) is 4.87. The molecule has 1 aromatic heterocycles. The number of carbonyl (C=O) groups excluding carboxylic acids is 1. The normalized spacial score (nSPS) is 10.1. The van der Waals surface area contributed by atoms with Crippen LogP contribution in [-0.2, 0) is 4.79 Å². The van der Waals surface area contributed by atoms with Gasteiger partial charge in [0.15, 0.2) is 11.0 Å². The SMILES string of the molecule is Cc1c(Cl)nnc(NCC(=O)N(C)C)c1C. The highest BCUT2D eigenvalue weighted by Crippen LogP contribution is 2.20. The summed E-state index contributed by atoms with van der Waals surface area (Å²) in [5.41, 5.74) is 1.78. The van der Waals surface area contributed by atoms with Crippen molar-refractivity contribution in [1.29, 1.82) is 0 Å². The topological polar surface area (TPSA) is 58.1 Å². The van der Waals surface area contributed by atoms with Crippen molar-refractivity contribution in [3.63, 3.8) is 0 Å². The molecule has 88 valence electrons. The average Bonchev–Trinajstić information content (AvgIpc) is 2.24. The van der Waals surface area contributed by atoms with E-state index in [0.717, 1.165) is 11.1 Å². The van der Waals surface area contributed by atoms with Gasteiger partial charge in [-0.1, -0.05) is 11.6 Å². The third-order valence-electron chi connectivity index (χ3n) is 2.37. The van der Waals surface area contributed by atoms with Gasteiger partial charge in [0, 0.05) is 14.1 Å². The van der Waals surface area contributed by atoms with E-state index in [1.54, 1.807) is 14.1 Å². The highest BCUT2D eigenvalue weighted by atomic mass is 35.5. The van der Waals surface area contributed by atoms with Crippen LogP contribution < -0.4 is 5.32 Å². The molecule has 0 saturated heterocycles. The second kappa shape index (κ2) is 5.12. The van der Waals surface area contributed by atoms with Crippen LogP contribution in [0.1, 0.15) is 11.1 Å². The van der Waals surface area contributed by atoms with Gasteiger partial charge in [-0.25, -0.2) is 0 Å². The number of halogens is 1. The molecule has 6 heteroatoms. The predicted molar refractivity (Wildman–Crippen MR) is 63.7 cm³/mol. The number of nitrogens with one attached hydrogen (secondary N) is 1. The minimum absolute atomic E-state index is 0.0196. The number of carbonyl (C=O) groups is 1. The number of likely N-dealkylation sites (N-methyl/N-ethyl adjacent to an activating group) is 1. The third kappa shape index (κ3) is 2.82. The van der Waals surface area contributed by atoms with Gasteiger partial charge in [0.2, 0.25) is 5.91 Å². The molecule has 0 radical (unpaired) electrons. The first-order valence-corrected chi connectivity index (χ1v) is 5.24. The lowest BCUT2D eigenvalue weighted by atomic mass is 10.2. The van der Waals surface area contributed by atoms with Crippen LogP contribution in [0, 0.1) is 13.8 Å². The number of rotatable bonds is 3. The van der Waals surface area contributed by atoms with Crippen LogP contribution in [0.5, 0.6) is 0 Å². The first-order chi connectivity index (χ1) is 7.43. The third-order valence-corrected chi connectivity index (χ3v) is 2.73. The molecule has 0 fully saturated rings. The van der Waals surface area contributed by atoms with Gasteiger partial charge in [-0.05, 0) is 25.0 Å². The zero-order chi connectivity index (χ0) is 12.3. The van der Waals surface area contributed by atoms with Crippen LogP contribution >= 0.6 is 11.6 Å². The number of aromatic nitrogens is 2. The summed E-state index contributed by atoms with van der Waals surface area (Å²) in [6.45, 7) is 3.95. The van der Waals surface area contributed by atoms with Gasteiger partial charge in [-0.15, -0.1) is 10.2 Å². The number of amides is 1. The summed E-state index contributed by atoms with van der Waals surface area (Å²) in [7, 11) is 3.41. The van der Waals surface area contributed by atoms with E-state index in [2.05, 4.69) is 15.5 Å². The lowest BCUT2D eigenvalue weighted by Crippen LogP contribution is -2.29. The number of nitrogens with zero attached hydrogens (tertiary/aromatic N) is 3. The van der Waals surface area contributed by atoms with Crippen molar-refractivity contribution in [3.05, 3.63) is 16.3 Å². The van der Waals surface area contributed by atoms with Crippen molar-refractivity contribution in [3.8, 4) is 0 Å². The van der Waals surface area contributed by atoms with Crippen molar-refractivity contribution >= 4 is 23.3 Å². The molecular weight excluding hydrogens is 228 g/mol. The van der Waals surface area contributed by atoms with Gasteiger partial charge in [-0.2, -0.15) is 0 Å². The van der Waals surface area contributed by atoms with Crippen LogP contribution in [0.25, 0.3) is 0 Å². The number of anilines is 1. The molecule has 0 unspecified atom stereocenters. The van der Waals surface area contributed by atoms with Gasteiger partial charge >= 0.3 is 0 Å². The van der Waals surface area contributed by atoms with E-state index in [1.165, 1.54) is 4.90 Å². The summed E-state index contributed by atoms with van der Waals surface area (Å²) in [6, 6.07) is 0. The minimum atomic E-state index is -0.0196. The molecule has 5 nitrogen and oxygen atoms in total. The summed E-state index contributed by atoms with van der Waals surface area (Å²) < 4.78 is 0. The highest BCUT2D eigenvalue weighted by Gasteiger charge is 2.09. The molecule has 1 rings (SSSR count). The van der Waals surface area contributed by atoms with E-state index in [9.17, 15) is 4.79 Å². The fourth-order valence-corrected chi connectivity index (χ4v) is 1.24. The molecule has 1 heterocycles. The Morgan fingerprint density at radius 1 is 1.31 bits per heavy atom. The van der Waals surface area contributed by atoms with E-state index < -0.39 is 0 Å². The maximum atomic E-state index is 11.4. The van der Waals surface area contributed by atoms with E-state index in [4.69, 9.17) is 11.6 Å². The molecule has 0 bridgehead atoms. The van der Waals surface area contributed by atoms with Crippen LogP contribution in [0.2, 0.25) is 5.15 Å². The fraction of sp³-hybridized carbons (Fsp3) is 0.500. The monoisotopic (exact) mass is 242 g/mol. The predicted octanol–water partition coefficient (Wildman–Crippen LogP) is 1.25. The second-order valence-electron chi connectivity index (χ2n) is 3.73. The van der Waals surface area contributed by atoms with Gasteiger partial charge in [0.25, 0.3) is 0 Å². The zero-order valence-corrected chi connectivity index (χ0v) is 10.6. The maximum absolute atomic E-state index is 11.4. The van der Waals surface area contributed by atoms with Crippen LogP contribution in [-0.4, -0.2) is 41.6 Å². The Balaban J connectivity index is 2.76. The molecule has 0 aromatic carbocycles. The van der Waals surface area contributed by atoms with Gasteiger partial charge in [-0.3, -0.25) is 4.79 Å². The smallest absolute Gasteiger partial charge is 0.241 e. The van der Waals surface area contributed by atoms with E-state index in [0.29, 0.717) is 11.0 Å². The lowest BCUT2D eigenvalue weighted by Gasteiger charge is -2.13. The van der Waals surface area contributed by atoms with Crippen LogP contribution in [0.15, 0.2) is 0 Å². The summed E-state index contributed by atoms with van der Waals surface area (Å²) in [5.74, 6) is 0.575. The Labute approximate surface area is 99.8 Å². The Kier molecular flexibility index (Phi) is 4.06. The van der Waals surface area contributed by atoms with Crippen LogP contribution in [0.4, 0.5) is 5.82 Å². The van der Waals surface area contributed by atoms with E-state index in [-0.39, 0.29) is 12.5 Å². The van der Waals surface area contributed by atoms with Gasteiger partial charge < -0.3 is 10.2 Å². The molecular formula is C10H15ClN4O. The second-order valence-corrected chi connectivity index (χ2v) is 4.09. The summed E-state index contributed by atoms with van der Waals surface area (Å²) in [5, 5.41) is 11.0. The molecule has 0 aliphatic carbocycles. The first kappa shape index (κ1) is 12.7. The maximum Gasteiger partial charge on any atom is 0.241 e. The molecule has 16 heavy (non-hydrogen) atoms.